The number of carbonyl (C=O) groups is 2. The van der Waals surface area contributed by atoms with Gasteiger partial charge in [0.05, 0.1) is 6.04 Å². The summed E-state index contributed by atoms with van der Waals surface area (Å²) in [6.45, 7) is 5.95. The maximum atomic E-state index is 12.5. The third-order valence-electron chi connectivity index (χ3n) is 5.61. The van der Waals surface area contributed by atoms with Gasteiger partial charge >= 0.3 is 0 Å². The molecule has 1 N–H and O–H groups in total. The first-order valence-corrected chi connectivity index (χ1v) is 9.14. The predicted octanol–water partition coefficient (Wildman–Crippen LogP) is 1.87. The summed E-state index contributed by atoms with van der Waals surface area (Å²) in [4.78, 5) is 28.4. The first kappa shape index (κ1) is 18.2. The molecule has 0 bridgehead atoms. The molecule has 1 saturated carbocycles. The number of carbonyl (C=O) groups excluding carboxylic acids is 2. The lowest BCUT2D eigenvalue weighted by Gasteiger charge is -2.36. The standard InChI is InChI=1S/C18H33N3O2/c1-13-5-7-16(8-6-13)19-17(22)14(2)21-11-9-15(10-12-21)18(23)20(3)4/h13-16H,5-12H2,1-4H3,(H,19,22). The van der Waals surface area contributed by atoms with E-state index in [1.54, 1.807) is 4.90 Å². The Morgan fingerprint density at radius 2 is 1.61 bits per heavy atom. The summed E-state index contributed by atoms with van der Waals surface area (Å²) in [6, 6.07) is 0.263. The molecule has 5 nitrogen and oxygen atoms in total. The van der Waals surface area contributed by atoms with E-state index in [1.807, 2.05) is 21.0 Å². The van der Waals surface area contributed by atoms with Gasteiger partial charge in [-0.15, -0.1) is 0 Å². The number of nitrogens with zero attached hydrogens (tertiary/aromatic N) is 2. The van der Waals surface area contributed by atoms with Gasteiger partial charge in [0.15, 0.2) is 0 Å². The first-order chi connectivity index (χ1) is 10.9. The fraction of sp³-hybridized carbons (Fsp3) is 0.889. The zero-order valence-corrected chi connectivity index (χ0v) is 15.2. The van der Waals surface area contributed by atoms with Crippen LogP contribution < -0.4 is 5.32 Å². The second kappa shape index (κ2) is 8.13. The highest BCUT2D eigenvalue weighted by Crippen LogP contribution is 2.24. The molecule has 1 unspecified atom stereocenters. The normalized spacial score (nSPS) is 28.2. The smallest absolute Gasteiger partial charge is 0.237 e. The second-order valence-corrected chi connectivity index (χ2v) is 7.68. The summed E-state index contributed by atoms with van der Waals surface area (Å²) in [6.07, 6.45) is 6.37. The Morgan fingerprint density at radius 1 is 1.04 bits per heavy atom. The van der Waals surface area contributed by atoms with Crippen molar-refractivity contribution in [3.05, 3.63) is 0 Å². The maximum Gasteiger partial charge on any atom is 0.237 e. The number of hydrogen-bond donors (Lipinski definition) is 1. The van der Waals surface area contributed by atoms with Gasteiger partial charge in [-0.25, -0.2) is 0 Å². The van der Waals surface area contributed by atoms with E-state index < -0.39 is 0 Å². The second-order valence-electron chi connectivity index (χ2n) is 7.68. The molecule has 2 rings (SSSR count). The summed E-state index contributed by atoms with van der Waals surface area (Å²) >= 11 is 0. The van der Waals surface area contributed by atoms with Crippen LogP contribution in [0.5, 0.6) is 0 Å². The van der Waals surface area contributed by atoms with Crippen LogP contribution in [0.3, 0.4) is 0 Å². The summed E-state index contributed by atoms with van der Waals surface area (Å²) in [5.74, 6) is 1.30. The van der Waals surface area contributed by atoms with Crippen LogP contribution >= 0.6 is 0 Å². The van der Waals surface area contributed by atoms with Gasteiger partial charge in [0.1, 0.15) is 0 Å². The van der Waals surface area contributed by atoms with Crippen LogP contribution in [0.4, 0.5) is 0 Å². The number of rotatable bonds is 4. The van der Waals surface area contributed by atoms with Crippen molar-refractivity contribution in [1.29, 1.82) is 0 Å². The molecule has 1 saturated heterocycles. The maximum absolute atomic E-state index is 12.5. The molecule has 5 heteroatoms. The molecule has 0 aromatic carbocycles. The molecule has 0 spiro atoms. The van der Waals surface area contributed by atoms with E-state index in [1.165, 1.54) is 12.8 Å². The van der Waals surface area contributed by atoms with Gasteiger partial charge in [0, 0.05) is 26.1 Å². The fourth-order valence-electron chi connectivity index (χ4n) is 3.79. The van der Waals surface area contributed by atoms with E-state index in [-0.39, 0.29) is 23.8 Å². The first-order valence-electron chi connectivity index (χ1n) is 9.14. The van der Waals surface area contributed by atoms with Crippen LogP contribution in [0.15, 0.2) is 0 Å². The van der Waals surface area contributed by atoms with Gasteiger partial charge in [-0.05, 0) is 64.5 Å². The van der Waals surface area contributed by atoms with Crippen LogP contribution in [-0.4, -0.2) is 60.9 Å². The largest absolute Gasteiger partial charge is 0.352 e. The van der Waals surface area contributed by atoms with E-state index in [0.29, 0.717) is 6.04 Å². The number of hydrogen-bond acceptors (Lipinski definition) is 3. The lowest BCUT2D eigenvalue weighted by molar-refractivity contribution is -0.135. The van der Waals surface area contributed by atoms with Crippen molar-refractivity contribution in [2.24, 2.45) is 11.8 Å². The monoisotopic (exact) mass is 323 g/mol. The molecule has 23 heavy (non-hydrogen) atoms. The van der Waals surface area contributed by atoms with Crippen LogP contribution in [0.25, 0.3) is 0 Å². The highest BCUT2D eigenvalue weighted by atomic mass is 16.2. The molecule has 1 atom stereocenters. The molecule has 2 amide bonds. The van der Waals surface area contributed by atoms with E-state index in [4.69, 9.17) is 0 Å². The predicted molar refractivity (Wildman–Crippen MR) is 92.0 cm³/mol. The van der Waals surface area contributed by atoms with Gasteiger partial charge in [-0.1, -0.05) is 6.92 Å². The molecule has 0 aromatic heterocycles. The zero-order chi connectivity index (χ0) is 17.0. The van der Waals surface area contributed by atoms with E-state index in [2.05, 4.69) is 17.1 Å². The van der Waals surface area contributed by atoms with E-state index in [0.717, 1.165) is 44.7 Å². The molecule has 0 aromatic rings. The van der Waals surface area contributed by atoms with Crippen LogP contribution in [-0.2, 0) is 9.59 Å². The number of amides is 2. The minimum atomic E-state index is -0.0928. The molecule has 1 heterocycles. The van der Waals surface area contributed by atoms with E-state index in [9.17, 15) is 9.59 Å². The van der Waals surface area contributed by atoms with Crippen molar-refractivity contribution in [1.82, 2.24) is 15.1 Å². The molecule has 2 fully saturated rings. The van der Waals surface area contributed by atoms with Crippen molar-refractivity contribution < 1.29 is 9.59 Å². The number of piperidine rings is 1. The SMILES string of the molecule is CC1CCC(NC(=O)C(C)N2CCC(C(=O)N(C)C)CC2)CC1. The molecule has 1 aliphatic carbocycles. The summed E-state index contributed by atoms with van der Waals surface area (Å²) in [5, 5.41) is 3.23. The molecule has 132 valence electrons. The Labute approximate surface area is 140 Å². The summed E-state index contributed by atoms with van der Waals surface area (Å²) in [7, 11) is 3.63. The van der Waals surface area contributed by atoms with Crippen molar-refractivity contribution in [2.45, 2.75) is 64.5 Å². The van der Waals surface area contributed by atoms with Crippen molar-refractivity contribution in [3.8, 4) is 0 Å². The fourth-order valence-corrected chi connectivity index (χ4v) is 3.79. The Hall–Kier alpha value is -1.10. The zero-order valence-electron chi connectivity index (χ0n) is 15.2. The minimum absolute atomic E-state index is 0.0928. The number of nitrogens with one attached hydrogen (secondary N) is 1. The Balaban J connectivity index is 1.76. The van der Waals surface area contributed by atoms with Crippen molar-refractivity contribution in [2.75, 3.05) is 27.2 Å². The van der Waals surface area contributed by atoms with Gasteiger partial charge in [0.2, 0.25) is 11.8 Å². The van der Waals surface area contributed by atoms with Crippen LogP contribution in [0.2, 0.25) is 0 Å². The average Bonchev–Trinajstić information content (AvgIpc) is 2.55. The van der Waals surface area contributed by atoms with Crippen molar-refractivity contribution in [3.63, 3.8) is 0 Å². The highest BCUT2D eigenvalue weighted by Gasteiger charge is 2.31. The molecule has 1 aliphatic heterocycles. The van der Waals surface area contributed by atoms with Crippen molar-refractivity contribution >= 4 is 11.8 Å². The third kappa shape index (κ3) is 4.93. The molecular weight excluding hydrogens is 290 g/mol. The third-order valence-corrected chi connectivity index (χ3v) is 5.61. The topological polar surface area (TPSA) is 52.7 Å². The highest BCUT2D eigenvalue weighted by molar-refractivity contribution is 5.82. The Bertz CT molecular complexity index is 408. The van der Waals surface area contributed by atoms with Crippen LogP contribution in [0.1, 0.15) is 52.4 Å². The van der Waals surface area contributed by atoms with Crippen LogP contribution in [0, 0.1) is 11.8 Å². The summed E-state index contributed by atoms with van der Waals surface area (Å²) < 4.78 is 0. The minimum Gasteiger partial charge on any atom is -0.352 e. The Morgan fingerprint density at radius 3 is 2.13 bits per heavy atom. The number of likely N-dealkylation sites (tertiary alicyclic amines) is 1. The van der Waals surface area contributed by atoms with E-state index >= 15 is 0 Å². The lowest BCUT2D eigenvalue weighted by Crippen LogP contribution is -2.51. The quantitative estimate of drug-likeness (QED) is 0.859. The molecule has 2 aliphatic rings. The summed E-state index contributed by atoms with van der Waals surface area (Å²) in [5.41, 5.74) is 0. The van der Waals surface area contributed by atoms with Gasteiger partial charge in [-0.2, -0.15) is 0 Å². The molecule has 0 radical (unpaired) electrons. The van der Waals surface area contributed by atoms with Gasteiger partial charge < -0.3 is 10.2 Å². The van der Waals surface area contributed by atoms with Gasteiger partial charge in [0.25, 0.3) is 0 Å². The average molecular weight is 323 g/mol. The van der Waals surface area contributed by atoms with Gasteiger partial charge in [-0.3, -0.25) is 14.5 Å². The lowest BCUT2D eigenvalue weighted by atomic mass is 9.87. The Kier molecular flexibility index (Phi) is 6.45. The molecular formula is C18H33N3O2.